The lowest BCUT2D eigenvalue weighted by atomic mass is 9.65. The highest BCUT2D eigenvalue weighted by molar-refractivity contribution is 6.42. The maximum Gasteiger partial charge on any atom is 0.405 e. The Morgan fingerprint density at radius 3 is 2.38 bits per heavy atom. The SMILES string of the molecule is CC(C#Cc1ccc(Cl)c(Cl)c1)NC(=O)C1CCC(OC(N)=O)(C(C)(C)C)CC1. The summed E-state index contributed by atoms with van der Waals surface area (Å²) in [6.07, 6.45) is 1.68. The lowest BCUT2D eigenvalue weighted by Crippen LogP contribution is -2.52. The second kappa shape index (κ2) is 9.28. The van der Waals surface area contributed by atoms with Crippen molar-refractivity contribution in [3.63, 3.8) is 0 Å². The highest BCUT2D eigenvalue weighted by atomic mass is 35.5. The second-order valence-electron chi connectivity index (χ2n) is 8.57. The zero-order chi connectivity index (χ0) is 21.8. The third-order valence-corrected chi connectivity index (χ3v) is 6.28. The molecule has 2 amide bonds. The van der Waals surface area contributed by atoms with Crippen LogP contribution >= 0.6 is 23.2 Å². The summed E-state index contributed by atoms with van der Waals surface area (Å²) in [4.78, 5) is 24.1. The smallest absolute Gasteiger partial charge is 0.405 e. The van der Waals surface area contributed by atoms with Gasteiger partial charge in [-0.15, -0.1) is 0 Å². The van der Waals surface area contributed by atoms with E-state index >= 15 is 0 Å². The number of hydrogen-bond acceptors (Lipinski definition) is 3. The van der Waals surface area contributed by atoms with Crippen LogP contribution in [0.4, 0.5) is 4.79 Å². The minimum atomic E-state index is -0.769. The van der Waals surface area contributed by atoms with E-state index in [4.69, 9.17) is 33.7 Å². The summed E-state index contributed by atoms with van der Waals surface area (Å²) in [6, 6.07) is 4.85. The molecule has 1 fully saturated rings. The molecule has 1 atom stereocenters. The number of benzene rings is 1. The van der Waals surface area contributed by atoms with Crippen molar-refractivity contribution in [2.75, 3.05) is 0 Å². The minimum absolute atomic E-state index is 0.0393. The van der Waals surface area contributed by atoms with Gasteiger partial charge in [-0.05, 0) is 50.8 Å². The van der Waals surface area contributed by atoms with Gasteiger partial charge in [0.1, 0.15) is 5.60 Å². The molecular weight excluding hydrogens is 411 g/mol. The van der Waals surface area contributed by atoms with E-state index < -0.39 is 11.7 Å². The number of nitrogens with one attached hydrogen (secondary N) is 1. The molecule has 0 saturated heterocycles. The number of carbonyl (C=O) groups is 2. The molecule has 0 heterocycles. The molecule has 0 aliphatic heterocycles. The Morgan fingerprint density at radius 2 is 1.86 bits per heavy atom. The van der Waals surface area contributed by atoms with Crippen LogP contribution < -0.4 is 11.1 Å². The predicted molar refractivity (Wildman–Crippen MR) is 116 cm³/mol. The van der Waals surface area contributed by atoms with Gasteiger partial charge >= 0.3 is 6.09 Å². The number of rotatable bonds is 3. The maximum atomic E-state index is 12.7. The van der Waals surface area contributed by atoms with Crippen LogP contribution in [0.2, 0.25) is 10.0 Å². The van der Waals surface area contributed by atoms with Gasteiger partial charge in [0.15, 0.2) is 0 Å². The van der Waals surface area contributed by atoms with Crippen molar-refractivity contribution in [1.29, 1.82) is 0 Å². The molecule has 1 aliphatic carbocycles. The summed E-state index contributed by atoms with van der Waals surface area (Å²) < 4.78 is 5.52. The van der Waals surface area contributed by atoms with Gasteiger partial charge in [-0.2, -0.15) is 0 Å². The number of hydrogen-bond donors (Lipinski definition) is 2. The van der Waals surface area contributed by atoms with E-state index in [0.717, 1.165) is 5.56 Å². The maximum absolute atomic E-state index is 12.7. The Hall–Kier alpha value is -1.90. The quantitative estimate of drug-likeness (QED) is 0.656. The van der Waals surface area contributed by atoms with Crippen LogP contribution in [0.3, 0.4) is 0 Å². The van der Waals surface area contributed by atoms with Crippen molar-refractivity contribution in [2.24, 2.45) is 17.1 Å². The fourth-order valence-corrected chi connectivity index (χ4v) is 3.97. The second-order valence-corrected chi connectivity index (χ2v) is 9.38. The molecule has 1 saturated carbocycles. The standard InChI is InChI=1S/C22H28Cl2N2O3/c1-14(5-6-15-7-8-17(23)18(24)13-15)26-19(27)16-9-11-22(12-10-16,21(2,3)4)29-20(25)28/h7-8,13-14,16H,9-12H2,1-4H3,(H2,25,28)(H,26,27). The molecule has 1 aromatic rings. The number of carbonyl (C=O) groups excluding carboxylic acids is 2. The first-order valence-corrected chi connectivity index (χ1v) is 10.4. The fraction of sp³-hybridized carbons (Fsp3) is 0.545. The highest BCUT2D eigenvalue weighted by Gasteiger charge is 2.48. The van der Waals surface area contributed by atoms with Gasteiger partial charge < -0.3 is 15.8 Å². The highest BCUT2D eigenvalue weighted by Crippen LogP contribution is 2.46. The number of halogens is 2. The zero-order valence-electron chi connectivity index (χ0n) is 17.3. The molecular formula is C22H28Cl2N2O3. The Morgan fingerprint density at radius 1 is 1.24 bits per heavy atom. The summed E-state index contributed by atoms with van der Waals surface area (Å²) in [5.74, 6) is 5.83. The van der Waals surface area contributed by atoms with Crippen molar-refractivity contribution in [1.82, 2.24) is 5.32 Å². The number of amides is 2. The molecule has 3 N–H and O–H groups in total. The van der Waals surface area contributed by atoms with Gasteiger partial charge in [-0.25, -0.2) is 4.79 Å². The van der Waals surface area contributed by atoms with E-state index in [1.165, 1.54) is 0 Å². The monoisotopic (exact) mass is 438 g/mol. The van der Waals surface area contributed by atoms with E-state index in [-0.39, 0.29) is 23.3 Å². The lowest BCUT2D eigenvalue weighted by molar-refractivity contribution is -0.132. The van der Waals surface area contributed by atoms with Crippen molar-refractivity contribution < 1.29 is 14.3 Å². The molecule has 1 aromatic carbocycles. The van der Waals surface area contributed by atoms with Crippen LogP contribution in [0.25, 0.3) is 0 Å². The molecule has 1 aliphatic rings. The van der Waals surface area contributed by atoms with Crippen LogP contribution in [0.1, 0.15) is 58.9 Å². The third-order valence-electron chi connectivity index (χ3n) is 5.54. The summed E-state index contributed by atoms with van der Waals surface area (Å²) in [7, 11) is 0. The van der Waals surface area contributed by atoms with Crippen LogP contribution in [0.15, 0.2) is 18.2 Å². The summed E-state index contributed by atoms with van der Waals surface area (Å²) >= 11 is 11.9. The topological polar surface area (TPSA) is 81.4 Å². The number of ether oxygens (including phenoxy) is 1. The molecule has 1 unspecified atom stereocenters. The van der Waals surface area contributed by atoms with E-state index in [2.05, 4.69) is 17.2 Å². The molecule has 0 bridgehead atoms. The van der Waals surface area contributed by atoms with Crippen molar-refractivity contribution >= 4 is 35.2 Å². The van der Waals surface area contributed by atoms with Crippen LogP contribution in [-0.4, -0.2) is 23.6 Å². The number of nitrogens with two attached hydrogens (primary N) is 1. The van der Waals surface area contributed by atoms with Gasteiger partial charge in [0.05, 0.1) is 16.1 Å². The van der Waals surface area contributed by atoms with Crippen molar-refractivity contribution in [3.8, 4) is 11.8 Å². The van der Waals surface area contributed by atoms with Gasteiger partial charge in [0.25, 0.3) is 0 Å². The predicted octanol–water partition coefficient (Wildman–Crippen LogP) is 4.92. The molecule has 7 heteroatoms. The largest absolute Gasteiger partial charge is 0.443 e. The zero-order valence-corrected chi connectivity index (χ0v) is 18.8. The minimum Gasteiger partial charge on any atom is -0.443 e. The molecule has 0 radical (unpaired) electrons. The van der Waals surface area contributed by atoms with E-state index in [1.807, 2.05) is 27.7 Å². The Bertz CT molecular complexity index is 829. The van der Waals surface area contributed by atoms with Crippen molar-refractivity contribution in [3.05, 3.63) is 33.8 Å². The molecule has 5 nitrogen and oxygen atoms in total. The average Bonchev–Trinajstić information content (AvgIpc) is 2.61. The summed E-state index contributed by atoms with van der Waals surface area (Å²) in [5, 5.41) is 3.87. The van der Waals surface area contributed by atoms with Gasteiger partial charge in [0, 0.05) is 16.9 Å². The van der Waals surface area contributed by atoms with Crippen LogP contribution in [0.5, 0.6) is 0 Å². The molecule has 29 heavy (non-hydrogen) atoms. The Balaban J connectivity index is 1.96. The average molecular weight is 439 g/mol. The van der Waals surface area contributed by atoms with E-state index in [0.29, 0.717) is 35.7 Å². The normalized spacial score (nSPS) is 22.8. The summed E-state index contributed by atoms with van der Waals surface area (Å²) in [6.45, 7) is 7.91. The van der Waals surface area contributed by atoms with Crippen LogP contribution in [0, 0.1) is 23.2 Å². The molecule has 0 aromatic heterocycles. The number of primary amides is 1. The Labute approximate surface area is 182 Å². The molecule has 2 rings (SSSR count). The fourth-order valence-electron chi connectivity index (χ4n) is 3.68. The third kappa shape index (κ3) is 6.04. The molecule has 0 spiro atoms. The lowest BCUT2D eigenvalue weighted by Gasteiger charge is -2.47. The van der Waals surface area contributed by atoms with Crippen molar-refractivity contribution in [2.45, 2.75) is 65.0 Å². The van der Waals surface area contributed by atoms with E-state index in [1.54, 1.807) is 18.2 Å². The first-order valence-electron chi connectivity index (χ1n) is 9.69. The summed E-state index contributed by atoms with van der Waals surface area (Å²) in [5.41, 5.74) is 5.12. The first kappa shape index (κ1) is 23.4. The Kier molecular flexibility index (Phi) is 7.48. The van der Waals surface area contributed by atoms with Crippen LogP contribution in [-0.2, 0) is 9.53 Å². The van der Waals surface area contributed by atoms with Gasteiger partial charge in [0.2, 0.25) is 5.91 Å². The van der Waals surface area contributed by atoms with Gasteiger partial charge in [-0.1, -0.05) is 55.8 Å². The molecule has 158 valence electrons. The van der Waals surface area contributed by atoms with Gasteiger partial charge in [-0.3, -0.25) is 4.79 Å². The van der Waals surface area contributed by atoms with E-state index in [9.17, 15) is 9.59 Å². The first-order chi connectivity index (χ1) is 13.4.